The topological polar surface area (TPSA) is 18.5 Å². The first-order valence-corrected chi connectivity index (χ1v) is 12.5. The highest BCUT2D eigenvalue weighted by Gasteiger charge is 2.72. The van der Waals surface area contributed by atoms with Crippen LogP contribution in [0.3, 0.4) is 0 Å². The molecule has 0 radical (unpaired) electrons. The van der Waals surface area contributed by atoms with Crippen molar-refractivity contribution >= 4 is 0 Å². The lowest BCUT2D eigenvalue weighted by molar-refractivity contribution is -0.288. The summed E-state index contributed by atoms with van der Waals surface area (Å²) in [6, 6.07) is 4.07. The molecule has 0 heterocycles. The van der Waals surface area contributed by atoms with Gasteiger partial charge in [0.2, 0.25) is 22.8 Å². The lowest BCUT2D eigenvalue weighted by Crippen LogP contribution is -2.54. The second kappa shape index (κ2) is 12.0. The Labute approximate surface area is 249 Å². The normalized spacial score (nSPS) is 12.4. The molecule has 4 aromatic rings. The van der Waals surface area contributed by atoms with Gasteiger partial charge in [-0.1, -0.05) is 24.3 Å². The van der Waals surface area contributed by atoms with Gasteiger partial charge in [0.05, 0.1) is 7.11 Å². The summed E-state index contributed by atoms with van der Waals surface area (Å²) in [5.41, 5.74) is -11.8. The van der Waals surface area contributed by atoms with Crippen LogP contribution >= 0.6 is 0 Å². The molecule has 0 atom stereocenters. The van der Waals surface area contributed by atoms with E-state index >= 15 is 0 Å². The number of benzene rings is 4. The van der Waals surface area contributed by atoms with Crippen molar-refractivity contribution in [1.82, 2.24) is 0 Å². The first kappa shape index (κ1) is 34.4. The molecule has 0 spiro atoms. The summed E-state index contributed by atoms with van der Waals surface area (Å²) >= 11 is 0. The van der Waals surface area contributed by atoms with E-state index in [1.807, 2.05) is 0 Å². The molecule has 246 valence electrons. The Balaban J connectivity index is 1.77. The smallest absolute Gasteiger partial charge is 0.411 e. The van der Waals surface area contributed by atoms with Crippen LogP contribution in [0.4, 0.5) is 61.5 Å². The molecule has 0 unspecified atom stereocenters. The number of hydrogen-bond donors (Lipinski definition) is 0. The molecule has 0 aliphatic carbocycles. The van der Waals surface area contributed by atoms with Crippen molar-refractivity contribution in [3.63, 3.8) is 0 Å². The zero-order chi connectivity index (χ0) is 34.5. The Bertz CT molecular complexity index is 1700. The van der Waals surface area contributed by atoms with Gasteiger partial charge in [-0.15, -0.1) is 0 Å². The summed E-state index contributed by atoms with van der Waals surface area (Å²) in [7, 11) is 1.12. The molecule has 0 aliphatic heterocycles. The predicted octanol–water partition coefficient (Wildman–Crippen LogP) is 9.91. The van der Waals surface area contributed by atoms with Gasteiger partial charge in [-0.25, -0.2) is 26.3 Å². The zero-order valence-corrected chi connectivity index (χ0v) is 22.9. The van der Waals surface area contributed by atoms with E-state index in [0.717, 1.165) is 19.2 Å². The van der Waals surface area contributed by atoms with E-state index in [-0.39, 0.29) is 17.9 Å². The van der Waals surface area contributed by atoms with Crippen LogP contribution in [0, 0.1) is 53.5 Å². The fraction of sp³-hybridized carbons (Fsp3) is 0.200. The molecule has 16 heteroatoms. The second-order valence-electron chi connectivity index (χ2n) is 9.70. The van der Waals surface area contributed by atoms with E-state index in [4.69, 9.17) is 9.47 Å². The third kappa shape index (κ3) is 5.47. The Hall–Kier alpha value is -4.50. The lowest BCUT2D eigenvalue weighted by atomic mass is 9.73. The van der Waals surface area contributed by atoms with Gasteiger partial charge in [-0.3, -0.25) is 0 Å². The van der Waals surface area contributed by atoms with Gasteiger partial charge in [0.25, 0.3) is 0 Å². The molecule has 0 bridgehead atoms. The SMILES string of the molecule is COc1ccc(C(c2ccc(Oc3c(F)c(F)c(Cc4c(F)c(F)c(C)c(F)c4F)c(F)c3F)cc2)(C(F)(F)F)C(F)(F)F)cc1. The van der Waals surface area contributed by atoms with Crippen molar-refractivity contribution in [1.29, 1.82) is 0 Å². The second-order valence-corrected chi connectivity index (χ2v) is 9.70. The zero-order valence-electron chi connectivity index (χ0n) is 22.9. The van der Waals surface area contributed by atoms with Crippen molar-refractivity contribution in [2.24, 2.45) is 0 Å². The van der Waals surface area contributed by atoms with Crippen LogP contribution in [0.15, 0.2) is 48.5 Å². The molecule has 0 N–H and O–H groups in total. The maximum absolute atomic E-state index is 14.8. The summed E-state index contributed by atoms with van der Waals surface area (Å²) in [5, 5.41) is 0. The van der Waals surface area contributed by atoms with E-state index in [9.17, 15) is 61.5 Å². The maximum atomic E-state index is 14.8. The fourth-order valence-electron chi connectivity index (χ4n) is 4.73. The third-order valence-electron chi connectivity index (χ3n) is 7.12. The standard InChI is InChI=1S/C30H16F14O2/c1-12-19(31)21(33)17(22(34)20(12)32)11-18-23(35)25(37)27(26(38)24(18)36)46-16-9-5-14(6-10-16)28(29(39,40)41,30(42,43)44)13-3-7-15(45-2)8-4-13/h3-10H,11H2,1-2H3. The van der Waals surface area contributed by atoms with Gasteiger partial charge in [0.1, 0.15) is 11.5 Å². The van der Waals surface area contributed by atoms with E-state index in [1.165, 1.54) is 0 Å². The van der Waals surface area contributed by atoms with Crippen LogP contribution in [0.1, 0.15) is 27.8 Å². The Morgan fingerprint density at radius 3 is 1.20 bits per heavy atom. The minimum Gasteiger partial charge on any atom is -0.497 e. The van der Waals surface area contributed by atoms with E-state index in [1.54, 1.807) is 0 Å². The molecule has 0 saturated carbocycles. The first-order chi connectivity index (χ1) is 21.3. The summed E-state index contributed by atoms with van der Waals surface area (Å²) < 4.78 is 211. The average Bonchev–Trinajstić information content (AvgIpc) is 3.00. The number of rotatable bonds is 7. The Kier molecular flexibility index (Phi) is 8.98. The molecule has 4 aromatic carbocycles. The quantitative estimate of drug-likeness (QED) is 0.144. The maximum Gasteiger partial charge on any atom is 0.411 e. The number of ether oxygens (including phenoxy) is 2. The number of halogens is 14. The van der Waals surface area contributed by atoms with Gasteiger partial charge in [-0.05, 0) is 42.3 Å². The lowest BCUT2D eigenvalue weighted by Gasteiger charge is -2.38. The molecule has 0 saturated heterocycles. The first-order valence-electron chi connectivity index (χ1n) is 12.5. The van der Waals surface area contributed by atoms with Gasteiger partial charge in [0.15, 0.2) is 34.9 Å². The summed E-state index contributed by atoms with van der Waals surface area (Å²) in [6.45, 7) is 0.644. The van der Waals surface area contributed by atoms with Crippen LogP contribution in [0.5, 0.6) is 17.2 Å². The molecule has 0 amide bonds. The minimum atomic E-state index is -6.01. The van der Waals surface area contributed by atoms with Gasteiger partial charge in [0, 0.05) is 23.1 Å². The van der Waals surface area contributed by atoms with E-state index in [2.05, 4.69) is 0 Å². The summed E-state index contributed by atoms with van der Waals surface area (Å²) in [5.74, 6) is -20.3. The summed E-state index contributed by atoms with van der Waals surface area (Å²) in [6.07, 6.45) is -13.7. The van der Waals surface area contributed by atoms with Crippen LogP contribution in [-0.2, 0) is 11.8 Å². The van der Waals surface area contributed by atoms with Gasteiger partial charge >= 0.3 is 12.4 Å². The van der Waals surface area contributed by atoms with Crippen LogP contribution in [-0.4, -0.2) is 19.5 Å². The highest BCUT2D eigenvalue weighted by molar-refractivity contribution is 5.48. The largest absolute Gasteiger partial charge is 0.497 e. The third-order valence-corrected chi connectivity index (χ3v) is 7.12. The number of alkyl halides is 6. The fourth-order valence-corrected chi connectivity index (χ4v) is 4.73. The van der Waals surface area contributed by atoms with Crippen molar-refractivity contribution in [3.05, 3.63) is 123 Å². The molecular weight excluding hydrogens is 658 g/mol. The molecule has 2 nitrogen and oxygen atoms in total. The van der Waals surface area contributed by atoms with Crippen LogP contribution < -0.4 is 9.47 Å². The van der Waals surface area contributed by atoms with Crippen molar-refractivity contribution in [2.45, 2.75) is 31.1 Å². The average molecular weight is 674 g/mol. The van der Waals surface area contributed by atoms with Gasteiger partial charge < -0.3 is 9.47 Å². The highest BCUT2D eigenvalue weighted by Crippen LogP contribution is 2.56. The monoisotopic (exact) mass is 674 g/mol. The molecule has 4 rings (SSSR count). The van der Waals surface area contributed by atoms with E-state index < -0.39 is 110 Å². The summed E-state index contributed by atoms with van der Waals surface area (Å²) in [4.78, 5) is 0. The number of hydrogen-bond acceptors (Lipinski definition) is 2. The van der Waals surface area contributed by atoms with Crippen molar-refractivity contribution in [3.8, 4) is 17.2 Å². The van der Waals surface area contributed by atoms with Crippen molar-refractivity contribution < 1.29 is 70.9 Å². The van der Waals surface area contributed by atoms with Crippen molar-refractivity contribution in [2.75, 3.05) is 7.11 Å². The Morgan fingerprint density at radius 2 is 0.848 bits per heavy atom. The molecule has 46 heavy (non-hydrogen) atoms. The molecule has 0 aliphatic rings. The van der Waals surface area contributed by atoms with Gasteiger partial charge in [-0.2, -0.15) is 35.1 Å². The van der Waals surface area contributed by atoms with Crippen LogP contribution in [0.2, 0.25) is 0 Å². The molecule has 0 fully saturated rings. The number of methoxy groups -OCH3 is 1. The van der Waals surface area contributed by atoms with E-state index in [0.29, 0.717) is 31.2 Å². The molecular formula is C30H16F14O2. The molecule has 0 aromatic heterocycles. The van der Waals surface area contributed by atoms with Crippen LogP contribution in [0.25, 0.3) is 0 Å². The predicted molar refractivity (Wildman–Crippen MR) is 132 cm³/mol. The Morgan fingerprint density at radius 1 is 0.500 bits per heavy atom. The minimum absolute atomic E-state index is 0.0613. The highest BCUT2D eigenvalue weighted by atomic mass is 19.4.